The van der Waals surface area contributed by atoms with Crippen molar-refractivity contribution in [2.24, 2.45) is 0 Å². The normalized spacial score (nSPS) is 10.7. The number of carbonyl (C=O) groups is 1. The number of ketones is 1. The summed E-state index contributed by atoms with van der Waals surface area (Å²) in [6, 6.07) is 1.51. The lowest BCUT2D eigenvalue weighted by Crippen LogP contribution is -2.07. The van der Waals surface area contributed by atoms with E-state index in [0.717, 1.165) is 12.8 Å². The first-order chi connectivity index (χ1) is 8.56. The Hall–Kier alpha value is -1.38. The van der Waals surface area contributed by atoms with Crippen molar-refractivity contribution in [2.45, 2.75) is 52.9 Å². The molecule has 2 nitrogen and oxygen atoms in total. The van der Waals surface area contributed by atoms with E-state index in [1.807, 2.05) is 13.8 Å². The summed E-state index contributed by atoms with van der Waals surface area (Å²) in [5.41, 5.74) is 1.10. The van der Waals surface area contributed by atoms with Gasteiger partial charge in [-0.1, -0.05) is 33.6 Å². The Labute approximate surface area is 108 Å². The van der Waals surface area contributed by atoms with Crippen molar-refractivity contribution in [3.05, 3.63) is 28.6 Å². The van der Waals surface area contributed by atoms with E-state index in [1.54, 1.807) is 6.92 Å². The van der Waals surface area contributed by atoms with Crippen molar-refractivity contribution < 1.29 is 14.3 Å². The van der Waals surface area contributed by atoms with Crippen molar-refractivity contribution in [3.8, 4) is 5.75 Å². The van der Waals surface area contributed by atoms with Gasteiger partial charge < -0.3 is 5.11 Å². The number of aromatic hydroxyl groups is 1. The molecular formula is C15H21FO2. The van der Waals surface area contributed by atoms with Gasteiger partial charge in [0.2, 0.25) is 0 Å². The number of benzene rings is 1. The molecule has 0 heterocycles. The van der Waals surface area contributed by atoms with Gasteiger partial charge >= 0.3 is 0 Å². The van der Waals surface area contributed by atoms with E-state index in [2.05, 4.69) is 0 Å². The number of phenolic OH excluding ortho intramolecular Hbond substituents is 1. The Morgan fingerprint density at radius 2 is 1.83 bits per heavy atom. The molecular weight excluding hydrogens is 231 g/mol. The molecule has 0 radical (unpaired) electrons. The number of carbonyl (C=O) groups excluding carboxylic acids is 1. The minimum absolute atomic E-state index is 0.0313. The zero-order valence-electron chi connectivity index (χ0n) is 11.3. The predicted octanol–water partition coefficient (Wildman–Crippen LogP) is 4.03. The van der Waals surface area contributed by atoms with Crippen LogP contribution in [0.2, 0.25) is 0 Å². The van der Waals surface area contributed by atoms with Gasteiger partial charge in [0, 0.05) is 12.0 Å². The molecule has 18 heavy (non-hydrogen) atoms. The summed E-state index contributed by atoms with van der Waals surface area (Å²) in [6.45, 7) is 5.63. The van der Waals surface area contributed by atoms with Gasteiger partial charge in [0.05, 0.1) is 5.56 Å². The molecule has 100 valence electrons. The average molecular weight is 252 g/mol. The third-order valence-corrected chi connectivity index (χ3v) is 3.05. The Morgan fingerprint density at radius 1 is 1.22 bits per heavy atom. The molecule has 3 heteroatoms. The van der Waals surface area contributed by atoms with Crippen LogP contribution in [0.25, 0.3) is 0 Å². The molecule has 0 amide bonds. The molecule has 1 N–H and O–H groups in total. The Balaban J connectivity index is 3.39. The van der Waals surface area contributed by atoms with Crippen molar-refractivity contribution >= 4 is 5.78 Å². The molecule has 0 aliphatic carbocycles. The fourth-order valence-corrected chi connectivity index (χ4v) is 2.10. The van der Waals surface area contributed by atoms with Gasteiger partial charge in [-0.25, -0.2) is 4.39 Å². The second-order valence-electron chi connectivity index (χ2n) is 4.50. The van der Waals surface area contributed by atoms with Crippen LogP contribution in [0.4, 0.5) is 4.39 Å². The van der Waals surface area contributed by atoms with Crippen LogP contribution in [-0.2, 0) is 12.8 Å². The molecule has 0 fully saturated rings. The van der Waals surface area contributed by atoms with Gasteiger partial charge in [-0.3, -0.25) is 4.79 Å². The highest BCUT2D eigenvalue weighted by Crippen LogP contribution is 2.31. The molecule has 1 aromatic carbocycles. The number of Topliss-reactive ketones (excluding diaryl/α,β-unsaturated/α-hetero) is 1. The van der Waals surface area contributed by atoms with E-state index in [4.69, 9.17) is 0 Å². The number of hydrogen-bond acceptors (Lipinski definition) is 2. The van der Waals surface area contributed by atoms with Crippen molar-refractivity contribution in [1.82, 2.24) is 0 Å². The summed E-state index contributed by atoms with van der Waals surface area (Å²) in [4.78, 5) is 11.7. The lowest BCUT2D eigenvalue weighted by Gasteiger charge is -2.13. The van der Waals surface area contributed by atoms with E-state index < -0.39 is 5.82 Å². The van der Waals surface area contributed by atoms with Crippen LogP contribution in [-0.4, -0.2) is 10.9 Å². The third kappa shape index (κ3) is 2.89. The largest absolute Gasteiger partial charge is 0.507 e. The fraction of sp³-hybridized carbons (Fsp3) is 0.533. The van der Waals surface area contributed by atoms with E-state index in [0.29, 0.717) is 24.0 Å². The maximum absolute atomic E-state index is 14.2. The van der Waals surface area contributed by atoms with Crippen LogP contribution in [0.15, 0.2) is 6.07 Å². The molecule has 0 unspecified atom stereocenters. The van der Waals surface area contributed by atoms with Gasteiger partial charge in [0.15, 0.2) is 5.78 Å². The van der Waals surface area contributed by atoms with Crippen LogP contribution in [0, 0.1) is 5.82 Å². The van der Waals surface area contributed by atoms with Crippen LogP contribution in [0.3, 0.4) is 0 Å². The predicted molar refractivity (Wildman–Crippen MR) is 70.7 cm³/mol. The van der Waals surface area contributed by atoms with Gasteiger partial charge in [-0.05, 0) is 24.5 Å². The number of rotatable bonds is 6. The zero-order valence-corrected chi connectivity index (χ0v) is 11.3. The summed E-state index contributed by atoms with van der Waals surface area (Å²) in [5.74, 6) is -0.716. The van der Waals surface area contributed by atoms with Crippen molar-refractivity contribution in [1.29, 1.82) is 0 Å². The topological polar surface area (TPSA) is 37.3 Å². The maximum atomic E-state index is 14.2. The summed E-state index contributed by atoms with van der Waals surface area (Å²) >= 11 is 0. The first-order valence-electron chi connectivity index (χ1n) is 6.63. The fourth-order valence-electron chi connectivity index (χ4n) is 2.10. The molecule has 0 aliphatic rings. The number of halogens is 1. The molecule has 0 atom stereocenters. The third-order valence-electron chi connectivity index (χ3n) is 3.05. The monoisotopic (exact) mass is 252 g/mol. The maximum Gasteiger partial charge on any atom is 0.165 e. The zero-order chi connectivity index (χ0) is 13.7. The molecule has 0 spiro atoms. The molecule has 1 rings (SSSR count). The summed E-state index contributed by atoms with van der Waals surface area (Å²) < 4.78 is 14.2. The Bertz CT molecular complexity index is 439. The smallest absolute Gasteiger partial charge is 0.165 e. The summed E-state index contributed by atoms with van der Waals surface area (Å²) in [6.07, 6.45) is 2.98. The molecule has 0 saturated carbocycles. The summed E-state index contributed by atoms with van der Waals surface area (Å²) in [7, 11) is 0. The van der Waals surface area contributed by atoms with Gasteiger partial charge in [0.25, 0.3) is 0 Å². The quantitative estimate of drug-likeness (QED) is 0.776. The van der Waals surface area contributed by atoms with E-state index in [1.165, 1.54) is 6.07 Å². The molecule has 0 aliphatic heterocycles. The highest BCUT2D eigenvalue weighted by Gasteiger charge is 2.20. The Kier molecular flexibility index (Phi) is 5.32. The SMILES string of the molecule is CCCc1cc(C(=O)CC)c(F)c(CCC)c1O. The highest BCUT2D eigenvalue weighted by molar-refractivity contribution is 5.96. The van der Waals surface area contributed by atoms with E-state index >= 15 is 0 Å². The molecule has 1 aromatic rings. The van der Waals surface area contributed by atoms with Crippen LogP contribution in [0.1, 0.15) is 61.5 Å². The van der Waals surface area contributed by atoms with Crippen molar-refractivity contribution in [2.75, 3.05) is 0 Å². The molecule has 0 saturated heterocycles. The van der Waals surface area contributed by atoms with Crippen LogP contribution >= 0.6 is 0 Å². The van der Waals surface area contributed by atoms with E-state index in [-0.39, 0.29) is 23.5 Å². The highest BCUT2D eigenvalue weighted by atomic mass is 19.1. The van der Waals surface area contributed by atoms with Gasteiger partial charge in [-0.2, -0.15) is 0 Å². The number of phenols is 1. The van der Waals surface area contributed by atoms with Gasteiger partial charge in [0.1, 0.15) is 11.6 Å². The average Bonchev–Trinajstić information content (AvgIpc) is 2.37. The van der Waals surface area contributed by atoms with Crippen LogP contribution < -0.4 is 0 Å². The second-order valence-corrected chi connectivity index (χ2v) is 4.50. The molecule has 0 bridgehead atoms. The lowest BCUT2D eigenvalue weighted by atomic mass is 9.95. The lowest BCUT2D eigenvalue weighted by molar-refractivity contribution is 0.0984. The second kappa shape index (κ2) is 6.53. The van der Waals surface area contributed by atoms with E-state index in [9.17, 15) is 14.3 Å². The minimum atomic E-state index is -0.541. The minimum Gasteiger partial charge on any atom is -0.507 e. The van der Waals surface area contributed by atoms with Gasteiger partial charge in [-0.15, -0.1) is 0 Å². The summed E-state index contributed by atoms with van der Waals surface area (Å²) in [5, 5.41) is 10.1. The van der Waals surface area contributed by atoms with Crippen molar-refractivity contribution in [3.63, 3.8) is 0 Å². The standard InChI is InChI=1S/C15H21FO2/c1-4-7-10-9-12(13(17)6-3)14(16)11(8-5-2)15(10)18/h9,18H,4-8H2,1-3H3. The number of hydrogen-bond donors (Lipinski definition) is 1. The Morgan fingerprint density at radius 3 is 2.33 bits per heavy atom. The first-order valence-corrected chi connectivity index (χ1v) is 6.63. The number of aryl methyl sites for hydroxylation is 1. The molecule has 0 aromatic heterocycles. The first kappa shape index (κ1) is 14.7. The van der Waals surface area contributed by atoms with Crippen LogP contribution in [0.5, 0.6) is 5.75 Å².